The van der Waals surface area contributed by atoms with Crippen LogP contribution in [0.25, 0.3) is 0 Å². The molecule has 2 fully saturated rings. The molecule has 0 bridgehead atoms. The van der Waals surface area contributed by atoms with E-state index in [1.807, 2.05) is 6.07 Å². The Morgan fingerprint density at radius 2 is 1.75 bits per heavy atom. The molecule has 4 nitrogen and oxygen atoms in total. The van der Waals surface area contributed by atoms with Crippen molar-refractivity contribution in [3.63, 3.8) is 0 Å². The summed E-state index contributed by atoms with van der Waals surface area (Å²) in [6.07, 6.45) is -1.12. The molecule has 1 amide bonds. The highest BCUT2D eigenvalue weighted by molar-refractivity contribution is 5.94. The van der Waals surface area contributed by atoms with Crippen LogP contribution in [0.2, 0.25) is 0 Å². The maximum absolute atomic E-state index is 13.9. The van der Waals surface area contributed by atoms with E-state index in [4.69, 9.17) is 4.74 Å². The van der Waals surface area contributed by atoms with Crippen LogP contribution < -0.4 is 5.32 Å². The quantitative estimate of drug-likeness (QED) is 0.667. The monoisotopic (exact) mass is 450 g/mol. The van der Waals surface area contributed by atoms with E-state index in [2.05, 4.69) is 10.2 Å². The second-order valence-electron chi connectivity index (χ2n) is 8.61. The summed E-state index contributed by atoms with van der Waals surface area (Å²) in [5.74, 6) is -0.600. The summed E-state index contributed by atoms with van der Waals surface area (Å²) in [4.78, 5) is 14.5. The Labute approximate surface area is 184 Å². The van der Waals surface area contributed by atoms with Gasteiger partial charge in [-0.3, -0.25) is 9.69 Å². The lowest BCUT2D eigenvalue weighted by molar-refractivity contribution is -0.137. The molecular formula is C24H26F4N2O2. The molecule has 2 saturated heterocycles. The molecule has 0 unspecified atom stereocenters. The molecule has 32 heavy (non-hydrogen) atoms. The van der Waals surface area contributed by atoms with Gasteiger partial charge in [0.1, 0.15) is 5.82 Å². The number of amides is 1. The summed E-state index contributed by atoms with van der Waals surface area (Å²) in [7, 11) is 0. The number of nitrogens with zero attached hydrogens (tertiary/aromatic N) is 1. The summed E-state index contributed by atoms with van der Waals surface area (Å²) in [5.41, 5.74) is -0.113. The van der Waals surface area contributed by atoms with Crippen LogP contribution >= 0.6 is 0 Å². The van der Waals surface area contributed by atoms with Gasteiger partial charge in [-0.05, 0) is 56.0 Å². The number of halogens is 4. The van der Waals surface area contributed by atoms with Gasteiger partial charge in [-0.2, -0.15) is 13.2 Å². The number of benzene rings is 2. The summed E-state index contributed by atoms with van der Waals surface area (Å²) in [6.45, 7) is 2.54. The van der Waals surface area contributed by atoms with Gasteiger partial charge in [0.25, 0.3) is 5.91 Å². The Kier molecular flexibility index (Phi) is 6.53. The van der Waals surface area contributed by atoms with Crippen LogP contribution in [0.1, 0.15) is 47.2 Å². The summed E-state index contributed by atoms with van der Waals surface area (Å²) in [6, 6.07) is 11.0. The van der Waals surface area contributed by atoms with Gasteiger partial charge in [-0.1, -0.05) is 18.2 Å². The number of ether oxygens (including phenoxy) is 1. The molecule has 0 radical (unpaired) electrons. The Morgan fingerprint density at radius 3 is 2.41 bits per heavy atom. The first-order valence-electron chi connectivity index (χ1n) is 10.8. The van der Waals surface area contributed by atoms with E-state index in [9.17, 15) is 22.4 Å². The normalized spacial score (nSPS) is 21.1. The molecule has 1 N–H and O–H groups in total. The lowest BCUT2D eigenvalue weighted by Crippen LogP contribution is -2.45. The molecule has 0 saturated carbocycles. The number of nitrogens with one attached hydrogen (secondary N) is 1. The first-order valence-corrected chi connectivity index (χ1v) is 10.8. The highest BCUT2D eigenvalue weighted by Crippen LogP contribution is 2.39. The Hall–Kier alpha value is -2.45. The van der Waals surface area contributed by atoms with Gasteiger partial charge in [0.2, 0.25) is 0 Å². The topological polar surface area (TPSA) is 41.6 Å². The van der Waals surface area contributed by atoms with Crippen molar-refractivity contribution in [1.29, 1.82) is 0 Å². The average Bonchev–Trinajstić information content (AvgIpc) is 3.17. The third-order valence-corrected chi connectivity index (χ3v) is 6.42. The average molecular weight is 450 g/mol. The number of hydrogen-bond acceptors (Lipinski definition) is 3. The van der Waals surface area contributed by atoms with E-state index < -0.39 is 17.6 Å². The summed E-state index contributed by atoms with van der Waals surface area (Å²) >= 11 is 0. The van der Waals surface area contributed by atoms with E-state index in [-0.39, 0.29) is 23.1 Å². The fourth-order valence-corrected chi connectivity index (χ4v) is 4.51. The van der Waals surface area contributed by atoms with E-state index in [0.29, 0.717) is 18.7 Å². The van der Waals surface area contributed by atoms with Crippen molar-refractivity contribution in [1.82, 2.24) is 10.2 Å². The van der Waals surface area contributed by atoms with Gasteiger partial charge < -0.3 is 10.1 Å². The van der Waals surface area contributed by atoms with Crippen LogP contribution in [0.5, 0.6) is 0 Å². The maximum Gasteiger partial charge on any atom is 0.416 e. The number of piperidine rings is 1. The van der Waals surface area contributed by atoms with Crippen molar-refractivity contribution in [3.05, 3.63) is 71.0 Å². The highest BCUT2D eigenvalue weighted by atomic mass is 19.4. The van der Waals surface area contributed by atoms with Crippen LogP contribution in [-0.2, 0) is 17.5 Å². The van der Waals surface area contributed by atoms with Crippen LogP contribution in [-0.4, -0.2) is 42.1 Å². The standard InChI is InChI=1S/C24H26F4N2O2/c25-21-4-2-1-3-18(21)16-30-13-11-23(12-14-30)10-9-20(32-23)15-29-22(31)17-5-7-19(8-6-17)24(26,27)28/h1-8,20H,9-16H2,(H,29,31)/t20-/m0/s1. The minimum absolute atomic E-state index is 0.119. The lowest BCUT2D eigenvalue weighted by Gasteiger charge is -2.39. The van der Waals surface area contributed by atoms with Gasteiger partial charge in [0, 0.05) is 37.3 Å². The zero-order chi connectivity index (χ0) is 22.8. The smallest absolute Gasteiger partial charge is 0.370 e. The van der Waals surface area contributed by atoms with Crippen molar-refractivity contribution in [2.45, 2.75) is 50.1 Å². The van der Waals surface area contributed by atoms with Crippen LogP contribution in [0.4, 0.5) is 17.6 Å². The van der Waals surface area contributed by atoms with E-state index in [1.54, 1.807) is 12.1 Å². The predicted octanol–water partition coefficient (Wildman–Crippen LogP) is 4.79. The summed E-state index contributed by atoms with van der Waals surface area (Å²) in [5, 5.41) is 2.77. The van der Waals surface area contributed by atoms with Crippen molar-refractivity contribution in [2.24, 2.45) is 0 Å². The Morgan fingerprint density at radius 1 is 1.06 bits per heavy atom. The highest BCUT2D eigenvalue weighted by Gasteiger charge is 2.42. The van der Waals surface area contributed by atoms with Crippen LogP contribution in [0.15, 0.2) is 48.5 Å². The van der Waals surface area contributed by atoms with Crippen molar-refractivity contribution >= 4 is 5.91 Å². The fourth-order valence-electron chi connectivity index (χ4n) is 4.51. The van der Waals surface area contributed by atoms with Gasteiger partial charge in [0.05, 0.1) is 17.3 Å². The third kappa shape index (κ3) is 5.30. The number of alkyl halides is 3. The fraction of sp³-hybridized carbons (Fsp3) is 0.458. The van der Waals surface area contributed by atoms with Crippen molar-refractivity contribution in [2.75, 3.05) is 19.6 Å². The molecule has 0 aliphatic carbocycles. The zero-order valence-corrected chi connectivity index (χ0v) is 17.6. The molecule has 2 aliphatic heterocycles. The largest absolute Gasteiger partial charge is 0.416 e. The molecule has 1 atom stereocenters. The van der Waals surface area contributed by atoms with Crippen molar-refractivity contribution < 1.29 is 27.1 Å². The SMILES string of the molecule is O=C(NC[C@@H]1CCC2(CCN(Cc3ccccc3F)CC2)O1)c1ccc(C(F)(F)F)cc1. The van der Waals surface area contributed by atoms with Crippen molar-refractivity contribution in [3.8, 4) is 0 Å². The number of likely N-dealkylation sites (tertiary alicyclic amines) is 1. The van der Waals surface area contributed by atoms with E-state index in [0.717, 1.165) is 50.9 Å². The molecule has 2 aliphatic rings. The first-order chi connectivity index (χ1) is 15.2. The van der Waals surface area contributed by atoms with E-state index in [1.165, 1.54) is 18.2 Å². The molecule has 0 aromatic heterocycles. The molecule has 2 aromatic carbocycles. The van der Waals surface area contributed by atoms with Gasteiger partial charge in [-0.25, -0.2) is 4.39 Å². The molecule has 2 heterocycles. The lowest BCUT2D eigenvalue weighted by atomic mass is 9.88. The first kappa shape index (κ1) is 22.7. The third-order valence-electron chi connectivity index (χ3n) is 6.42. The number of carbonyl (C=O) groups is 1. The minimum atomic E-state index is -4.42. The molecule has 172 valence electrons. The van der Waals surface area contributed by atoms with Gasteiger partial charge in [-0.15, -0.1) is 0 Å². The summed E-state index contributed by atoms with van der Waals surface area (Å²) < 4.78 is 58.2. The number of hydrogen-bond donors (Lipinski definition) is 1. The van der Waals surface area contributed by atoms with Gasteiger partial charge >= 0.3 is 6.18 Å². The maximum atomic E-state index is 13.9. The van der Waals surface area contributed by atoms with Crippen LogP contribution in [0.3, 0.4) is 0 Å². The number of rotatable bonds is 5. The molecule has 8 heteroatoms. The van der Waals surface area contributed by atoms with Crippen LogP contribution in [0, 0.1) is 5.82 Å². The number of carbonyl (C=O) groups excluding carboxylic acids is 1. The molecule has 2 aromatic rings. The molecule has 1 spiro atoms. The minimum Gasteiger partial charge on any atom is -0.370 e. The zero-order valence-electron chi connectivity index (χ0n) is 17.6. The Balaban J connectivity index is 1.23. The second kappa shape index (κ2) is 9.19. The Bertz CT molecular complexity index is 938. The molecular weight excluding hydrogens is 424 g/mol. The molecule has 4 rings (SSSR count). The second-order valence-corrected chi connectivity index (χ2v) is 8.61. The van der Waals surface area contributed by atoms with Gasteiger partial charge in [0.15, 0.2) is 0 Å². The predicted molar refractivity (Wildman–Crippen MR) is 112 cm³/mol. The van der Waals surface area contributed by atoms with E-state index >= 15 is 0 Å².